The third-order valence-corrected chi connectivity index (χ3v) is 5.79. The van der Waals surface area contributed by atoms with E-state index in [1.807, 2.05) is 12.4 Å². The van der Waals surface area contributed by atoms with E-state index in [0.29, 0.717) is 0 Å². The first-order valence-electron chi connectivity index (χ1n) is 11.1. The Balaban J connectivity index is 1.11. The van der Waals surface area contributed by atoms with Gasteiger partial charge < -0.3 is 9.97 Å². The van der Waals surface area contributed by atoms with Crippen LogP contribution in [0.4, 0.5) is 0 Å². The SMILES string of the molecule is C(=NCCc1c[nH]c2ccccc12)c1ccc(C=NCCc2c[nH]c3ccccc23)cc1. The topological polar surface area (TPSA) is 56.3 Å². The number of aliphatic imine (C=N–C) groups is 2. The van der Waals surface area contributed by atoms with Gasteiger partial charge >= 0.3 is 0 Å². The van der Waals surface area contributed by atoms with Gasteiger partial charge in [-0.1, -0.05) is 60.7 Å². The molecule has 0 amide bonds. The minimum absolute atomic E-state index is 0.777. The van der Waals surface area contributed by atoms with Crippen LogP contribution in [0.3, 0.4) is 0 Å². The zero-order valence-corrected chi connectivity index (χ0v) is 18.0. The lowest BCUT2D eigenvalue weighted by atomic mass is 10.1. The van der Waals surface area contributed by atoms with E-state index in [-0.39, 0.29) is 0 Å². The maximum atomic E-state index is 4.61. The Labute approximate surface area is 187 Å². The minimum atomic E-state index is 0.777. The maximum absolute atomic E-state index is 4.61. The van der Waals surface area contributed by atoms with Gasteiger partial charge in [-0.25, -0.2) is 0 Å². The average Bonchev–Trinajstić information content (AvgIpc) is 3.45. The number of nitrogens with one attached hydrogen (secondary N) is 2. The normalized spacial score (nSPS) is 12.0. The van der Waals surface area contributed by atoms with E-state index in [0.717, 1.165) is 37.1 Å². The number of fused-ring (bicyclic) bond motifs is 2. The van der Waals surface area contributed by atoms with Crippen molar-refractivity contribution in [2.75, 3.05) is 13.1 Å². The van der Waals surface area contributed by atoms with Crippen LogP contribution in [0.25, 0.3) is 21.8 Å². The molecule has 32 heavy (non-hydrogen) atoms. The molecule has 0 spiro atoms. The van der Waals surface area contributed by atoms with E-state index in [1.54, 1.807) is 0 Å². The highest BCUT2D eigenvalue weighted by atomic mass is 14.7. The molecule has 5 aromatic rings. The summed E-state index contributed by atoms with van der Waals surface area (Å²) in [4.78, 5) is 15.9. The highest BCUT2D eigenvalue weighted by Gasteiger charge is 2.02. The molecular weight excluding hydrogens is 392 g/mol. The smallest absolute Gasteiger partial charge is 0.0456 e. The molecule has 0 atom stereocenters. The van der Waals surface area contributed by atoms with Gasteiger partial charge in [-0.05, 0) is 47.2 Å². The number of nitrogens with zero attached hydrogens (tertiary/aromatic N) is 2. The van der Waals surface area contributed by atoms with Gasteiger partial charge in [0.1, 0.15) is 0 Å². The van der Waals surface area contributed by atoms with E-state index >= 15 is 0 Å². The Morgan fingerprint density at radius 2 is 1.00 bits per heavy atom. The van der Waals surface area contributed by atoms with Gasteiger partial charge in [0, 0.05) is 59.7 Å². The monoisotopic (exact) mass is 418 g/mol. The lowest BCUT2D eigenvalue weighted by Crippen LogP contribution is -1.91. The molecule has 4 heteroatoms. The van der Waals surface area contributed by atoms with E-state index in [4.69, 9.17) is 0 Å². The first-order valence-corrected chi connectivity index (χ1v) is 11.1. The summed E-state index contributed by atoms with van der Waals surface area (Å²) >= 11 is 0. The van der Waals surface area contributed by atoms with Crippen molar-refractivity contribution in [1.29, 1.82) is 0 Å². The second-order valence-corrected chi connectivity index (χ2v) is 7.96. The van der Waals surface area contributed by atoms with Gasteiger partial charge in [0.2, 0.25) is 0 Å². The molecule has 0 aliphatic heterocycles. The third kappa shape index (κ3) is 4.54. The van der Waals surface area contributed by atoms with Gasteiger partial charge in [-0.2, -0.15) is 0 Å². The standard InChI is InChI=1S/C28H26N4/c1-3-7-27-25(5-1)23(19-31-27)13-15-29-17-21-9-11-22(12-10-21)18-30-16-14-24-20-32-28-8-4-2-6-26(24)28/h1-12,17-20,31-32H,13-16H2. The lowest BCUT2D eigenvalue weighted by Gasteiger charge is -1.98. The van der Waals surface area contributed by atoms with Crippen molar-refractivity contribution in [1.82, 2.24) is 9.97 Å². The summed E-state index contributed by atoms with van der Waals surface area (Å²) in [6.45, 7) is 1.55. The van der Waals surface area contributed by atoms with Crippen LogP contribution in [0.15, 0.2) is 95.2 Å². The molecule has 0 saturated carbocycles. The molecule has 0 radical (unpaired) electrons. The van der Waals surface area contributed by atoms with E-state index in [2.05, 4.69) is 105 Å². The van der Waals surface area contributed by atoms with Crippen molar-refractivity contribution in [2.45, 2.75) is 12.8 Å². The molecular formula is C28H26N4. The third-order valence-electron chi connectivity index (χ3n) is 5.79. The summed E-state index contributed by atoms with van der Waals surface area (Å²) < 4.78 is 0. The molecule has 0 fully saturated rings. The quantitative estimate of drug-likeness (QED) is 0.292. The molecule has 2 aromatic heterocycles. The number of hydrogen-bond acceptors (Lipinski definition) is 2. The number of rotatable bonds is 8. The van der Waals surface area contributed by atoms with Crippen molar-refractivity contribution in [2.24, 2.45) is 9.98 Å². The molecule has 3 aromatic carbocycles. The van der Waals surface area contributed by atoms with Crippen LogP contribution < -0.4 is 0 Å². The maximum Gasteiger partial charge on any atom is 0.0456 e. The number of hydrogen-bond donors (Lipinski definition) is 2. The van der Waals surface area contributed by atoms with Crippen molar-refractivity contribution >= 4 is 34.2 Å². The first-order chi connectivity index (χ1) is 15.9. The fourth-order valence-electron chi connectivity index (χ4n) is 4.05. The molecule has 2 heterocycles. The fourth-order valence-corrected chi connectivity index (χ4v) is 4.05. The van der Waals surface area contributed by atoms with Gasteiger partial charge in [-0.15, -0.1) is 0 Å². The Kier molecular flexibility index (Phi) is 5.93. The van der Waals surface area contributed by atoms with E-state index in [9.17, 15) is 0 Å². The van der Waals surface area contributed by atoms with Gasteiger partial charge in [0.05, 0.1) is 0 Å². The number of aromatic nitrogens is 2. The second kappa shape index (κ2) is 9.48. The molecule has 0 aliphatic carbocycles. The average molecular weight is 419 g/mol. The first kappa shape index (κ1) is 20.0. The predicted molar refractivity (Wildman–Crippen MR) is 135 cm³/mol. The Bertz CT molecular complexity index is 1260. The highest BCUT2D eigenvalue weighted by Crippen LogP contribution is 2.19. The minimum Gasteiger partial charge on any atom is -0.361 e. The Morgan fingerprint density at radius 1 is 0.562 bits per heavy atom. The summed E-state index contributed by atoms with van der Waals surface area (Å²) in [5, 5.41) is 2.58. The Hall–Kier alpha value is -3.92. The van der Waals surface area contributed by atoms with E-state index < -0.39 is 0 Å². The number of benzene rings is 3. The van der Waals surface area contributed by atoms with Crippen LogP contribution >= 0.6 is 0 Å². The molecule has 158 valence electrons. The zero-order valence-electron chi connectivity index (χ0n) is 18.0. The van der Waals surface area contributed by atoms with Crippen LogP contribution in [-0.4, -0.2) is 35.5 Å². The van der Waals surface area contributed by atoms with Crippen LogP contribution in [0.2, 0.25) is 0 Å². The second-order valence-electron chi connectivity index (χ2n) is 7.96. The fraction of sp³-hybridized carbons (Fsp3) is 0.143. The van der Waals surface area contributed by atoms with Crippen LogP contribution in [0.5, 0.6) is 0 Å². The van der Waals surface area contributed by atoms with E-state index in [1.165, 1.54) is 32.9 Å². The summed E-state index contributed by atoms with van der Waals surface area (Å²) in [5.74, 6) is 0. The van der Waals surface area contributed by atoms with Crippen LogP contribution in [-0.2, 0) is 12.8 Å². The summed E-state index contributed by atoms with van der Waals surface area (Å²) in [7, 11) is 0. The molecule has 4 nitrogen and oxygen atoms in total. The van der Waals surface area contributed by atoms with Crippen molar-refractivity contribution < 1.29 is 0 Å². The van der Waals surface area contributed by atoms with Gasteiger partial charge in [0.25, 0.3) is 0 Å². The molecule has 0 unspecified atom stereocenters. The number of aromatic amines is 2. The predicted octanol–water partition coefficient (Wildman–Crippen LogP) is 5.97. The molecule has 2 N–H and O–H groups in total. The summed E-state index contributed by atoms with van der Waals surface area (Å²) in [6.07, 6.45) is 9.95. The molecule has 5 rings (SSSR count). The summed E-state index contributed by atoms with van der Waals surface area (Å²) in [6, 6.07) is 25.2. The van der Waals surface area contributed by atoms with Gasteiger partial charge in [0.15, 0.2) is 0 Å². The summed E-state index contributed by atoms with van der Waals surface area (Å²) in [5.41, 5.74) is 7.23. The molecule has 0 saturated heterocycles. The van der Waals surface area contributed by atoms with Crippen molar-refractivity contribution in [3.63, 3.8) is 0 Å². The number of H-pyrrole nitrogens is 2. The van der Waals surface area contributed by atoms with Crippen LogP contribution in [0.1, 0.15) is 22.3 Å². The zero-order chi connectivity index (χ0) is 21.6. The lowest BCUT2D eigenvalue weighted by molar-refractivity contribution is 0.980. The molecule has 0 aliphatic rings. The Morgan fingerprint density at radius 3 is 1.47 bits per heavy atom. The van der Waals surface area contributed by atoms with Crippen molar-refractivity contribution in [3.8, 4) is 0 Å². The largest absolute Gasteiger partial charge is 0.361 e. The highest BCUT2D eigenvalue weighted by molar-refractivity contribution is 5.85. The molecule has 0 bridgehead atoms. The van der Waals surface area contributed by atoms with Gasteiger partial charge in [-0.3, -0.25) is 9.98 Å². The van der Waals surface area contributed by atoms with Crippen molar-refractivity contribution in [3.05, 3.63) is 107 Å². The number of para-hydroxylation sites is 2. The van der Waals surface area contributed by atoms with Crippen LogP contribution in [0, 0.1) is 0 Å².